The molecule has 120 valence electrons. The van der Waals surface area contributed by atoms with Crippen molar-refractivity contribution in [3.63, 3.8) is 0 Å². The van der Waals surface area contributed by atoms with Crippen molar-refractivity contribution in [1.82, 2.24) is 0 Å². The molecule has 1 atom stereocenters. The van der Waals surface area contributed by atoms with Gasteiger partial charge in [-0.1, -0.05) is 30.3 Å². The highest BCUT2D eigenvalue weighted by Crippen LogP contribution is 2.44. The lowest BCUT2D eigenvalue weighted by Crippen LogP contribution is -2.42. The Balaban J connectivity index is 2.15. The molecule has 1 fully saturated rings. The van der Waals surface area contributed by atoms with Crippen LogP contribution in [0.4, 0.5) is 5.69 Å². The Bertz CT molecular complexity index is 837. The summed E-state index contributed by atoms with van der Waals surface area (Å²) in [7, 11) is 1.57. The molecule has 4 nitrogen and oxygen atoms in total. The molecule has 1 unspecified atom stereocenters. The fourth-order valence-corrected chi connectivity index (χ4v) is 3.10. The summed E-state index contributed by atoms with van der Waals surface area (Å²) in [5.41, 5.74) is 0.600. The first-order chi connectivity index (χ1) is 11.5. The van der Waals surface area contributed by atoms with Crippen LogP contribution in [-0.4, -0.2) is 13.0 Å². The third-order valence-corrected chi connectivity index (χ3v) is 4.45. The zero-order valence-corrected chi connectivity index (χ0v) is 13.9. The second-order valence-electron chi connectivity index (χ2n) is 5.60. The Morgan fingerprint density at radius 1 is 1.21 bits per heavy atom. The first-order valence-electron chi connectivity index (χ1n) is 7.35. The van der Waals surface area contributed by atoms with Gasteiger partial charge in [-0.3, -0.25) is 9.69 Å². The average Bonchev–Trinajstić information content (AvgIpc) is 2.87. The van der Waals surface area contributed by atoms with Crippen molar-refractivity contribution in [3.05, 3.63) is 71.3 Å². The van der Waals surface area contributed by atoms with Crippen LogP contribution in [0.15, 0.2) is 60.7 Å². The fraction of sp³-hybridized carbons (Fsp3) is 0.158. The molecule has 0 bridgehead atoms. The molecule has 24 heavy (non-hydrogen) atoms. The van der Waals surface area contributed by atoms with Gasteiger partial charge in [0, 0.05) is 22.7 Å². The van der Waals surface area contributed by atoms with Crippen LogP contribution in [0.2, 0.25) is 5.02 Å². The highest BCUT2D eigenvalue weighted by Gasteiger charge is 2.50. The molecular weight excluding hydrogens is 324 g/mol. The number of methoxy groups -OCH3 is 1. The van der Waals surface area contributed by atoms with Gasteiger partial charge in [0.15, 0.2) is 5.54 Å². The van der Waals surface area contributed by atoms with E-state index in [4.69, 9.17) is 16.3 Å². The second-order valence-corrected chi connectivity index (χ2v) is 6.03. The van der Waals surface area contributed by atoms with E-state index in [1.54, 1.807) is 55.6 Å². The molecule has 1 aliphatic rings. The highest BCUT2D eigenvalue weighted by atomic mass is 35.5. The molecule has 1 saturated heterocycles. The summed E-state index contributed by atoms with van der Waals surface area (Å²) in [5.74, 6) is 0.426. The molecular formula is C19H15ClN2O2. The quantitative estimate of drug-likeness (QED) is 0.793. The van der Waals surface area contributed by atoms with E-state index >= 15 is 0 Å². The van der Waals surface area contributed by atoms with Crippen LogP contribution in [0, 0.1) is 11.3 Å². The fourth-order valence-electron chi connectivity index (χ4n) is 2.97. The first kappa shape index (κ1) is 16.1. The molecule has 2 aromatic rings. The monoisotopic (exact) mass is 338 g/mol. The topological polar surface area (TPSA) is 53.3 Å². The lowest BCUT2D eigenvalue weighted by molar-refractivity contribution is -0.114. The molecule has 0 aliphatic carbocycles. The molecule has 1 aliphatic heterocycles. The third-order valence-electron chi connectivity index (χ3n) is 4.19. The maximum Gasteiger partial charge on any atom is 0.255 e. The van der Waals surface area contributed by atoms with Crippen molar-refractivity contribution in [1.29, 1.82) is 5.26 Å². The average molecular weight is 339 g/mol. The zero-order valence-electron chi connectivity index (χ0n) is 13.1. The molecule has 1 heterocycles. The van der Waals surface area contributed by atoms with Crippen molar-refractivity contribution < 1.29 is 9.53 Å². The summed E-state index contributed by atoms with van der Waals surface area (Å²) < 4.78 is 5.16. The Kier molecular flexibility index (Phi) is 4.04. The number of rotatable bonds is 3. The van der Waals surface area contributed by atoms with Gasteiger partial charge in [0.2, 0.25) is 0 Å². The number of hydrogen-bond donors (Lipinski definition) is 0. The third kappa shape index (κ3) is 2.44. The predicted octanol–water partition coefficient (Wildman–Crippen LogP) is 4.06. The maximum absolute atomic E-state index is 12.7. The van der Waals surface area contributed by atoms with E-state index in [1.807, 2.05) is 0 Å². The largest absolute Gasteiger partial charge is 0.497 e. The number of hydrogen-bond acceptors (Lipinski definition) is 3. The van der Waals surface area contributed by atoms with E-state index in [2.05, 4.69) is 12.6 Å². The van der Waals surface area contributed by atoms with Crippen molar-refractivity contribution in [2.75, 3.05) is 12.0 Å². The van der Waals surface area contributed by atoms with E-state index in [-0.39, 0.29) is 12.3 Å². The summed E-state index contributed by atoms with van der Waals surface area (Å²) in [5, 5.41) is 10.5. The number of nitriles is 1. The summed E-state index contributed by atoms with van der Waals surface area (Å²) in [6.07, 6.45) is 0.246. The minimum atomic E-state index is -1.13. The number of anilines is 1. The number of ether oxygens (including phenoxy) is 1. The van der Waals surface area contributed by atoms with Gasteiger partial charge < -0.3 is 4.74 Å². The Labute approximate surface area is 145 Å². The summed E-state index contributed by atoms with van der Waals surface area (Å²) in [6.45, 7) is 3.84. The van der Waals surface area contributed by atoms with E-state index in [0.717, 1.165) is 0 Å². The Morgan fingerprint density at radius 3 is 2.38 bits per heavy atom. The number of nitrogens with zero attached hydrogens (tertiary/aromatic N) is 2. The van der Waals surface area contributed by atoms with Crippen LogP contribution in [0.1, 0.15) is 12.0 Å². The van der Waals surface area contributed by atoms with Gasteiger partial charge in [0.1, 0.15) is 5.75 Å². The van der Waals surface area contributed by atoms with Crippen LogP contribution in [-0.2, 0) is 10.3 Å². The van der Waals surface area contributed by atoms with Crippen LogP contribution >= 0.6 is 11.6 Å². The number of halogens is 1. The van der Waals surface area contributed by atoms with Crippen molar-refractivity contribution in [2.24, 2.45) is 0 Å². The van der Waals surface area contributed by atoms with Crippen molar-refractivity contribution in [3.8, 4) is 11.8 Å². The highest BCUT2D eigenvalue weighted by molar-refractivity contribution is 6.30. The van der Waals surface area contributed by atoms with Gasteiger partial charge in [-0.05, 0) is 42.0 Å². The maximum atomic E-state index is 12.7. The molecule has 0 aromatic heterocycles. The Hall–Kier alpha value is -2.77. The Morgan fingerprint density at radius 2 is 1.83 bits per heavy atom. The second kappa shape index (κ2) is 6.03. The molecule has 0 spiro atoms. The lowest BCUT2D eigenvalue weighted by Gasteiger charge is -2.32. The first-order valence-corrected chi connectivity index (χ1v) is 7.73. The van der Waals surface area contributed by atoms with Crippen LogP contribution in [0.25, 0.3) is 0 Å². The summed E-state index contributed by atoms with van der Waals surface area (Å²) in [6, 6.07) is 16.3. The summed E-state index contributed by atoms with van der Waals surface area (Å²) in [4.78, 5) is 14.2. The van der Waals surface area contributed by atoms with E-state index in [1.165, 1.54) is 4.90 Å². The van der Waals surface area contributed by atoms with Crippen molar-refractivity contribution in [2.45, 2.75) is 12.0 Å². The number of carbonyl (C=O) groups is 1. The minimum absolute atomic E-state index is 0.246. The van der Waals surface area contributed by atoms with Crippen LogP contribution in [0.3, 0.4) is 0 Å². The number of amides is 1. The molecule has 2 aromatic carbocycles. The summed E-state index contributed by atoms with van der Waals surface area (Å²) >= 11 is 5.96. The van der Waals surface area contributed by atoms with E-state index in [0.29, 0.717) is 27.6 Å². The van der Waals surface area contributed by atoms with Crippen molar-refractivity contribution >= 4 is 23.2 Å². The molecule has 3 rings (SSSR count). The normalized spacial score (nSPS) is 20.1. The molecule has 0 saturated carbocycles. The van der Waals surface area contributed by atoms with Gasteiger partial charge in [-0.2, -0.15) is 5.26 Å². The molecule has 0 radical (unpaired) electrons. The van der Waals surface area contributed by atoms with Gasteiger partial charge in [0.25, 0.3) is 5.91 Å². The van der Waals surface area contributed by atoms with Gasteiger partial charge in [-0.25, -0.2) is 0 Å². The number of benzene rings is 2. The van der Waals surface area contributed by atoms with Gasteiger partial charge >= 0.3 is 0 Å². The number of carbonyl (C=O) groups excluding carboxylic acids is 1. The van der Waals surface area contributed by atoms with Crippen LogP contribution < -0.4 is 9.64 Å². The van der Waals surface area contributed by atoms with E-state index < -0.39 is 5.54 Å². The van der Waals surface area contributed by atoms with E-state index in [9.17, 15) is 10.1 Å². The standard InChI is InChI=1S/C19H15ClN2O2/c1-13-11-19(12-21,14-3-5-15(20)6-4-14)22(18(13)23)16-7-9-17(24-2)10-8-16/h3-10H,1,11H2,2H3. The minimum Gasteiger partial charge on any atom is -0.497 e. The SMILES string of the molecule is C=C1CC(C#N)(c2ccc(Cl)cc2)N(c2ccc(OC)cc2)C1=O. The molecule has 1 amide bonds. The molecule has 5 heteroatoms. The van der Waals surface area contributed by atoms with Gasteiger partial charge in [0.05, 0.1) is 13.2 Å². The van der Waals surface area contributed by atoms with Crippen LogP contribution in [0.5, 0.6) is 5.75 Å². The predicted molar refractivity (Wildman–Crippen MR) is 93.0 cm³/mol. The smallest absolute Gasteiger partial charge is 0.255 e. The zero-order chi connectivity index (χ0) is 17.3. The van der Waals surface area contributed by atoms with Gasteiger partial charge in [-0.15, -0.1) is 0 Å². The molecule has 0 N–H and O–H groups in total. The lowest BCUT2D eigenvalue weighted by atomic mass is 9.87.